The minimum atomic E-state index is -4.98. The summed E-state index contributed by atoms with van der Waals surface area (Å²) in [7, 11) is 3.57. The van der Waals surface area contributed by atoms with Gasteiger partial charge in [0.1, 0.15) is 29.5 Å². The summed E-state index contributed by atoms with van der Waals surface area (Å²) in [5.41, 5.74) is -6.17. The van der Waals surface area contributed by atoms with Crippen molar-refractivity contribution in [3.63, 3.8) is 0 Å². The van der Waals surface area contributed by atoms with Crippen LogP contribution in [0.15, 0.2) is 35.3 Å². The van der Waals surface area contributed by atoms with E-state index in [2.05, 4.69) is 11.6 Å². The van der Waals surface area contributed by atoms with Gasteiger partial charge in [-0.25, -0.2) is 9.79 Å². The van der Waals surface area contributed by atoms with Crippen LogP contribution in [-0.2, 0) is 44.2 Å². The van der Waals surface area contributed by atoms with E-state index in [1.807, 2.05) is 4.90 Å². The van der Waals surface area contributed by atoms with Crippen LogP contribution in [0.3, 0.4) is 0 Å². The van der Waals surface area contributed by atoms with E-state index in [0.717, 1.165) is 0 Å². The van der Waals surface area contributed by atoms with E-state index in [1.165, 1.54) is 20.8 Å². The Morgan fingerprint density at radius 3 is 2.32 bits per heavy atom. The zero-order chi connectivity index (χ0) is 46.8. The number of hydrogen-bond donors (Lipinski definition) is 2. The second-order valence-electron chi connectivity index (χ2n) is 17.7. The number of ether oxygens (including phenoxy) is 6. The van der Waals surface area contributed by atoms with Crippen LogP contribution in [0.1, 0.15) is 97.5 Å². The SMILES string of the molecule is C=C1CO[C@H]2[C@H](C)C(=NC(C)=O)[C@H](C)C[C@@](C)(OC1)[C@H](O[C@@H]1O[C@H](C)C[C@H](N(C)C)[C@H]1O)[C@@H](C)[C@H](OC(=O)c1ccc(C(F)(F)F)cc1[N+](=O)[O-])[C@@H](C)C(=O)O[C@@H](CC)[C@@]2(C)O. The lowest BCUT2D eigenvalue weighted by Gasteiger charge is -2.49. The van der Waals surface area contributed by atoms with Gasteiger partial charge in [0.2, 0.25) is 5.91 Å². The van der Waals surface area contributed by atoms with Crippen molar-refractivity contribution >= 4 is 29.2 Å². The van der Waals surface area contributed by atoms with Gasteiger partial charge in [-0.1, -0.05) is 34.3 Å². The first-order valence-electron chi connectivity index (χ1n) is 20.8. The second kappa shape index (κ2) is 19.9. The van der Waals surface area contributed by atoms with E-state index in [9.17, 15) is 47.9 Å². The highest BCUT2D eigenvalue weighted by Gasteiger charge is 2.54. The van der Waals surface area contributed by atoms with Crippen LogP contribution in [0.5, 0.6) is 0 Å². The van der Waals surface area contributed by atoms with E-state index in [0.29, 0.717) is 29.8 Å². The number of nitro groups is 1. The normalized spacial score (nSPS) is 37.5. The number of carbonyl (C=O) groups is 3. The summed E-state index contributed by atoms with van der Waals surface area (Å²) in [6, 6.07) is 0.890. The molecule has 348 valence electrons. The van der Waals surface area contributed by atoms with E-state index in [4.69, 9.17) is 28.4 Å². The first kappa shape index (κ1) is 50.8. The molecule has 0 aliphatic carbocycles. The zero-order valence-electron chi connectivity index (χ0n) is 37.3. The molecule has 3 aliphatic rings. The molecule has 3 heterocycles. The van der Waals surface area contributed by atoms with Gasteiger partial charge in [0.15, 0.2) is 6.29 Å². The van der Waals surface area contributed by atoms with Crippen LogP contribution in [0.4, 0.5) is 18.9 Å². The molecular formula is C43H62F3N3O13. The lowest BCUT2D eigenvalue weighted by molar-refractivity contribution is -0.385. The van der Waals surface area contributed by atoms with Crippen molar-refractivity contribution < 1.29 is 71.1 Å². The lowest BCUT2D eigenvalue weighted by Crippen LogP contribution is -2.61. The number of esters is 2. The Labute approximate surface area is 360 Å². The largest absolute Gasteiger partial charge is 0.459 e. The van der Waals surface area contributed by atoms with Crippen LogP contribution in [0.25, 0.3) is 0 Å². The maximum absolute atomic E-state index is 14.4. The second-order valence-corrected chi connectivity index (χ2v) is 17.7. The number of aliphatic imine (C=N–C) groups is 1. The van der Waals surface area contributed by atoms with Gasteiger partial charge in [-0.15, -0.1) is 0 Å². The summed E-state index contributed by atoms with van der Waals surface area (Å²) in [6.07, 6.45) is -12.9. The molecule has 2 bridgehead atoms. The summed E-state index contributed by atoms with van der Waals surface area (Å²) < 4.78 is 79.2. The molecule has 1 amide bonds. The number of nitro benzene ring substituents is 1. The molecule has 0 saturated carbocycles. The Morgan fingerprint density at radius 1 is 1.11 bits per heavy atom. The Kier molecular flexibility index (Phi) is 16.3. The Bertz CT molecular complexity index is 1860. The lowest BCUT2D eigenvalue weighted by atomic mass is 9.73. The van der Waals surface area contributed by atoms with Crippen molar-refractivity contribution in [2.75, 3.05) is 27.3 Å². The topological polar surface area (TPSA) is 206 Å². The number of fused-ring (bicyclic) bond motifs is 5. The van der Waals surface area contributed by atoms with Crippen molar-refractivity contribution in [1.29, 1.82) is 0 Å². The molecule has 19 heteroatoms. The summed E-state index contributed by atoms with van der Waals surface area (Å²) in [6.45, 7) is 18.1. The molecule has 0 radical (unpaired) electrons. The van der Waals surface area contributed by atoms with Gasteiger partial charge in [0, 0.05) is 36.6 Å². The number of aliphatic hydroxyl groups excluding tert-OH is 1. The van der Waals surface area contributed by atoms with Crippen molar-refractivity contribution in [3.8, 4) is 0 Å². The number of halogens is 3. The molecule has 16 nitrogen and oxygen atoms in total. The Balaban J connectivity index is 2.04. The number of benzene rings is 1. The fourth-order valence-corrected chi connectivity index (χ4v) is 9.16. The zero-order valence-corrected chi connectivity index (χ0v) is 37.3. The fourth-order valence-electron chi connectivity index (χ4n) is 9.16. The third-order valence-electron chi connectivity index (χ3n) is 12.4. The average molecular weight is 886 g/mol. The van der Waals surface area contributed by atoms with Gasteiger partial charge in [-0.3, -0.25) is 19.7 Å². The molecule has 0 aromatic heterocycles. The molecule has 3 fully saturated rings. The minimum absolute atomic E-state index is 0.0111. The smallest absolute Gasteiger partial charge is 0.416 e. The quantitative estimate of drug-likeness (QED) is 0.146. The number of cyclic esters (lactones) is 1. The van der Waals surface area contributed by atoms with Crippen molar-refractivity contribution in [1.82, 2.24) is 4.90 Å². The monoisotopic (exact) mass is 885 g/mol. The number of alkyl halides is 3. The van der Waals surface area contributed by atoms with E-state index >= 15 is 0 Å². The molecule has 14 atom stereocenters. The van der Waals surface area contributed by atoms with Crippen molar-refractivity contribution in [2.45, 2.75) is 148 Å². The Hall–Kier alpha value is -3.85. The van der Waals surface area contributed by atoms with Gasteiger partial charge in [0.25, 0.3) is 5.69 Å². The van der Waals surface area contributed by atoms with Gasteiger partial charge in [0.05, 0.1) is 53.5 Å². The number of aliphatic hydroxyl groups is 2. The maximum atomic E-state index is 14.4. The van der Waals surface area contributed by atoms with Gasteiger partial charge in [-0.2, -0.15) is 13.2 Å². The van der Waals surface area contributed by atoms with Crippen LogP contribution in [0, 0.1) is 33.8 Å². The number of carbonyl (C=O) groups excluding carboxylic acids is 3. The van der Waals surface area contributed by atoms with Gasteiger partial charge >= 0.3 is 18.1 Å². The van der Waals surface area contributed by atoms with Crippen LogP contribution in [0.2, 0.25) is 0 Å². The van der Waals surface area contributed by atoms with Crippen LogP contribution in [-0.4, -0.2) is 131 Å². The molecule has 1 aromatic rings. The summed E-state index contributed by atoms with van der Waals surface area (Å²) >= 11 is 0. The molecule has 1 aromatic carbocycles. The maximum Gasteiger partial charge on any atom is 0.416 e. The Morgan fingerprint density at radius 2 is 1.76 bits per heavy atom. The summed E-state index contributed by atoms with van der Waals surface area (Å²) in [4.78, 5) is 58.6. The van der Waals surface area contributed by atoms with Gasteiger partial charge in [-0.05, 0) is 84.7 Å². The predicted octanol–water partition coefficient (Wildman–Crippen LogP) is 5.69. The highest BCUT2D eigenvalue weighted by atomic mass is 19.4. The third kappa shape index (κ3) is 11.3. The minimum Gasteiger partial charge on any atom is -0.459 e. The highest BCUT2D eigenvalue weighted by molar-refractivity contribution is 5.98. The number of rotatable bonds is 7. The number of hydrogen-bond acceptors (Lipinski definition) is 14. The number of likely N-dealkylation sites (N-methyl/N-ethyl adjacent to an activating group) is 1. The molecule has 0 unspecified atom stereocenters. The van der Waals surface area contributed by atoms with Gasteiger partial charge < -0.3 is 43.5 Å². The molecule has 0 spiro atoms. The first-order valence-corrected chi connectivity index (χ1v) is 20.8. The first-order chi connectivity index (χ1) is 28.6. The van der Waals surface area contributed by atoms with Crippen molar-refractivity contribution in [2.24, 2.45) is 28.7 Å². The molecule has 3 saturated heterocycles. The molecular weight excluding hydrogens is 823 g/mol. The summed E-state index contributed by atoms with van der Waals surface area (Å²) in [5.74, 6) is -7.02. The molecule has 3 aliphatic heterocycles. The highest BCUT2D eigenvalue weighted by Crippen LogP contribution is 2.42. The van der Waals surface area contributed by atoms with Crippen LogP contribution < -0.4 is 0 Å². The number of nitrogens with zero attached hydrogens (tertiary/aromatic N) is 3. The molecule has 2 N–H and O–H groups in total. The van der Waals surface area contributed by atoms with E-state index < -0.39 is 130 Å². The fraction of sp³-hybridized carbons (Fsp3) is 0.721. The standard InChI is InChI=1S/C43H62F3N3O13/c1-13-32-42(10,54)37-24(5)33(47-27(8)50)22(3)18-41(9,58-20-21(2)19-57-37)36(62-40-34(51)31(48(11)12)16-23(4)59-40)25(6)35(26(7)38(52)60-32)61-39(53)29-15-14-28(43(44,45)46)17-30(29)49(55)56/h14-15,17,22-26,31-32,34-37,40,51,54H,2,13,16,18-20H2,1,3-12H3/t22-,23-,24-,25+,26-,31+,32+,34-,35+,36-,37+,40+,41-,42-/m1/s1. The molecule has 62 heavy (non-hydrogen) atoms. The van der Waals surface area contributed by atoms with E-state index in [-0.39, 0.29) is 32.1 Å². The summed E-state index contributed by atoms with van der Waals surface area (Å²) in [5, 5.41) is 36.2. The predicted molar refractivity (Wildman–Crippen MR) is 218 cm³/mol. The van der Waals surface area contributed by atoms with Crippen LogP contribution >= 0.6 is 0 Å². The average Bonchev–Trinajstić information content (AvgIpc) is 3.19. The molecule has 4 rings (SSSR count). The number of amides is 1. The van der Waals surface area contributed by atoms with E-state index in [1.54, 1.807) is 55.6 Å². The third-order valence-corrected chi connectivity index (χ3v) is 12.4. The van der Waals surface area contributed by atoms with Crippen molar-refractivity contribution in [3.05, 3.63) is 51.6 Å².